The number of benzene rings is 1. The van der Waals surface area contributed by atoms with Crippen LogP contribution in [0.15, 0.2) is 30.5 Å². The number of rotatable bonds is 3. The SMILES string of the molecule is CC(C)(F)CNc1ccc2[nH]ccc2c1. The average molecular weight is 206 g/mol. The van der Waals surface area contributed by atoms with E-state index in [0.29, 0.717) is 6.54 Å². The number of anilines is 1. The number of aromatic nitrogens is 1. The normalized spacial score (nSPS) is 11.9. The Balaban J connectivity index is 2.15. The van der Waals surface area contributed by atoms with E-state index in [1.807, 2.05) is 30.5 Å². The second-order valence-corrected chi connectivity index (χ2v) is 4.35. The van der Waals surface area contributed by atoms with Crippen molar-refractivity contribution >= 4 is 16.6 Å². The van der Waals surface area contributed by atoms with E-state index < -0.39 is 5.67 Å². The smallest absolute Gasteiger partial charge is 0.122 e. The van der Waals surface area contributed by atoms with Crippen LogP contribution in [0.4, 0.5) is 10.1 Å². The maximum absolute atomic E-state index is 13.3. The highest BCUT2D eigenvalue weighted by atomic mass is 19.1. The molecule has 2 rings (SSSR count). The predicted molar refractivity (Wildman–Crippen MR) is 62.0 cm³/mol. The summed E-state index contributed by atoms with van der Waals surface area (Å²) in [5, 5.41) is 4.21. The monoisotopic (exact) mass is 206 g/mol. The quantitative estimate of drug-likeness (QED) is 0.792. The molecule has 0 bridgehead atoms. The van der Waals surface area contributed by atoms with Gasteiger partial charge in [0.15, 0.2) is 0 Å². The van der Waals surface area contributed by atoms with E-state index in [2.05, 4.69) is 10.3 Å². The van der Waals surface area contributed by atoms with Gasteiger partial charge in [-0.25, -0.2) is 4.39 Å². The Morgan fingerprint density at radius 1 is 1.33 bits per heavy atom. The lowest BCUT2D eigenvalue weighted by molar-refractivity contribution is 0.235. The van der Waals surface area contributed by atoms with Gasteiger partial charge in [0.2, 0.25) is 0 Å². The van der Waals surface area contributed by atoms with Crippen molar-refractivity contribution in [3.05, 3.63) is 30.5 Å². The Labute approximate surface area is 88.5 Å². The van der Waals surface area contributed by atoms with Gasteiger partial charge in [0.05, 0.1) is 0 Å². The van der Waals surface area contributed by atoms with Crippen LogP contribution in [0, 0.1) is 0 Å². The molecule has 1 heterocycles. The van der Waals surface area contributed by atoms with Gasteiger partial charge in [-0.1, -0.05) is 0 Å². The Morgan fingerprint density at radius 2 is 2.13 bits per heavy atom. The summed E-state index contributed by atoms with van der Waals surface area (Å²) in [6, 6.07) is 7.95. The lowest BCUT2D eigenvalue weighted by atomic mass is 10.1. The van der Waals surface area contributed by atoms with Crippen LogP contribution in [0.5, 0.6) is 0 Å². The molecule has 0 spiro atoms. The molecule has 2 N–H and O–H groups in total. The Kier molecular flexibility index (Phi) is 2.39. The van der Waals surface area contributed by atoms with Crippen molar-refractivity contribution in [1.82, 2.24) is 4.98 Å². The second kappa shape index (κ2) is 3.57. The van der Waals surface area contributed by atoms with Crippen LogP contribution in [0.2, 0.25) is 0 Å². The standard InChI is InChI=1S/C12H15FN2/c1-12(2,13)8-15-10-3-4-11-9(7-10)5-6-14-11/h3-7,14-15H,8H2,1-2H3. The number of aromatic amines is 1. The van der Waals surface area contributed by atoms with Crippen molar-refractivity contribution in [3.63, 3.8) is 0 Å². The average Bonchev–Trinajstić information content (AvgIpc) is 2.60. The van der Waals surface area contributed by atoms with Crippen molar-refractivity contribution < 1.29 is 4.39 Å². The molecule has 2 nitrogen and oxygen atoms in total. The molecule has 0 radical (unpaired) electrons. The number of hydrogen-bond donors (Lipinski definition) is 2. The lowest BCUT2D eigenvalue weighted by Crippen LogP contribution is -2.24. The first-order valence-corrected chi connectivity index (χ1v) is 5.04. The summed E-state index contributed by atoms with van der Waals surface area (Å²) in [7, 11) is 0. The van der Waals surface area contributed by atoms with Gasteiger partial charge in [-0.3, -0.25) is 0 Å². The van der Waals surface area contributed by atoms with E-state index in [-0.39, 0.29) is 0 Å². The third kappa shape index (κ3) is 2.49. The Hall–Kier alpha value is -1.51. The van der Waals surface area contributed by atoms with Gasteiger partial charge in [0.25, 0.3) is 0 Å². The maximum atomic E-state index is 13.3. The number of nitrogens with one attached hydrogen (secondary N) is 2. The summed E-state index contributed by atoms with van der Waals surface area (Å²) < 4.78 is 13.3. The zero-order valence-electron chi connectivity index (χ0n) is 8.97. The van der Waals surface area contributed by atoms with Crippen molar-refractivity contribution in [3.8, 4) is 0 Å². The van der Waals surface area contributed by atoms with Crippen molar-refractivity contribution in [2.45, 2.75) is 19.5 Å². The van der Waals surface area contributed by atoms with Crippen LogP contribution in [0.25, 0.3) is 10.9 Å². The maximum Gasteiger partial charge on any atom is 0.122 e. The number of hydrogen-bond acceptors (Lipinski definition) is 1. The molecule has 0 amide bonds. The summed E-state index contributed by atoms with van der Waals surface area (Å²) in [6.45, 7) is 3.45. The highest BCUT2D eigenvalue weighted by Gasteiger charge is 2.14. The first kappa shape index (κ1) is 10.0. The van der Waals surface area contributed by atoms with E-state index in [1.54, 1.807) is 13.8 Å². The van der Waals surface area contributed by atoms with Crippen molar-refractivity contribution in [2.24, 2.45) is 0 Å². The Morgan fingerprint density at radius 3 is 2.87 bits per heavy atom. The van der Waals surface area contributed by atoms with E-state index in [0.717, 1.165) is 16.6 Å². The van der Waals surface area contributed by atoms with Crippen molar-refractivity contribution in [2.75, 3.05) is 11.9 Å². The summed E-state index contributed by atoms with van der Waals surface area (Å²) in [5.41, 5.74) is 0.862. The zero-order chi connectivity index (χ0) is 10.9. The number of halogens is 1. The molecule has 15 heavy (non-hydrogen) atoms. The number of fused-ring (bicyclic) bond motifs is 1. The van der Waals surface area contributed by atoms with E-state index in [4.69, 9.17) is 0 Å². The zero-order valence-corrected chi connectivity index (χ0v) is 8.97. The molecule has 3 heteroatoms. The van der Waals surface area contributed by atoms with Crippen molar-refractivity contribution in [1.29, 1.82) is 0 Å². The predicted octanol–water partition coefficient (Wildman–Crippen LogP) is 3.33. The molecule has 80 valence electrons. The molecule has 1 aromatic heterocycles. The summed E-state index contributed by atoms with van der Waals surface area (Å²) in [4.78, 5) is 3.12. The molecule has 0 saturated heterocycles. The molecule has 1 aromatic carbocycles. The molecule has 0 unspecified atom stereocenters. The van der Waals surface area contributed by atoms with Crippen LogP contribution in [-0.2, 0) is 0 Å². The summed E-state index contributed by atoms with van der Waals surface area (Å²) in [6.07, 6.45) is 1.90. The van der Waals surface area contributed by atoms with Gasteiger partial charge >= 0.3 is 0 Å². The minimum Gasteiger partial charge on any atom is -0.382 e. The second-order valence-electron chi connectivity index (χ2n) is 4.35. The fourth-order valence-electron chi connectivity index (χ4n) is 1.48. The van der Waals surface area contributed by atoms with Crippen LogP contribution in [0.3, 0.4) is 0 Å². The topological polar surface area (TPSA) is 27.8 Å². The van der Waals surface area contributed by atoms with Gasteiger partial charge in [0, 0.05) is 29.3 Å². The molecule has 0 aliphatic carbocycles. The summed E-state index contributed by atoms with van der Waals surface area (Å²) in [5.74, 6) is 0. The molecular formula is C12H15FN2. The minimum absolute atomic E-state index is 0.322. The van der Waals surface area contributed by atoms with Crippen LogP contribution < -0.4 is 5.32 Å². The molecule has 2 aromatic rings. The van der Waals surface area contributed by atoms with Gasteiger partial charge in [-0.2, -0.15) is 0 Å². The third-order valence-corrected chi connectivity index (χ3v) is 2.27. The molecule has 0 aliphatic heterocycles. The molecule has 0 fully saturated rings. The Bertz CT molecular complexity index is 454. The molecular weight excluding hydrogens is 191 g/mol. The van der Waals surface area contributed by atoms with Gasteiger partial charge < -0.3 is 10.3 Å². The highest BCUT2D eigenvalue weighted by molar-refractivity contribution is 5.82. The summed E-state index contributed by atoms with van der Waals surface area (Å²) >= 11 is 0. The largest absolute Gasteiger partial charge is 0.382 e. The highest BCUT2D eigenvalue weighted by Crippen LogP contribution is 2.19. The van der Waals surface area contributed by atoms with Gasteiger partial charge in [0.1, 0.15) is 5.67 Å². The fourth-order valence-corrected chi connectivity index (χ4v) is 1.48. The lowest BCUT2D eigenvalue weighted by Gasteiger charge is -2.15. The van der Waals surface area contributed by atoms with Crippen LogP contribution in [-0.4, -0.2) is 17.2 Å². The van der Waals surface area contributed by atoms with Crippen LogP contribution in [0.1, 0.15) is 13.8 Å². The fraction of sp³-hybridized carbons (Fsp3) is 0.333. The van der Waals surface area contributed by atoms with Gasteiger partial charge in [-0.05, 0) is 38.1 Å². The first-order valence-electron chi connectivity index (χ1n) is 5.04. The minimum atomic E-state index is -1.19. The number of alkyl halides is 1. The molecule has 0 atom stereocenters. The number of H-pyrrole nitrogens is 1. The molecule has 0 saturated carbocycles. The van der Waals surface area contributed by atoms with E-state index >= 15 is 0 Å². The van der Waals surface area contributed by atoms with E-state index in [9.17, 15) is 4.39 Å². The van der Waals surface area contributed by atoms with Gasteiger partial charge in [-0.15, -0.1) is 0 Å². The third-order valence-electron chi connectivity index (χ3n) is 2.27. The van der Waals surface area contributed by atoms with E-state index in [1.165, 1.54) is 0 Å². The molecule has 0 aliphatic rings. The van der Waals surface area contributed by atoms with Crippen LogP contribution >= 0.6 is 0 Å². The first-order chi connectivity index (χ1) is 7.04.